The van der Waals surface area contributed by atoms with Gasteiger partial charge in [0.1, 0.15) is 5.82 Å². The van der Waals surface area contributed by atoms with E-state index in [1.807, 2.05) is 11.2 Å². The SMILES string of the molecule is CSc1ccc(S(=O)(=O)N2CCN(c3ccccc3F)CC2)cc1NC(=O)C(C)C. The zero-order chi connectivity index (χ0) is 21.9. The summed E-state index contributed by atoms with van der Waals surface area (Å²) in [6, 6.07) is 11.3. The zero-order valence-electron chi connectivity index (χ0n) is 17.3. The molecule has 1 saturated heterocycles. The van der Waals surface area contributed by atoms with E-state index in [9.17, 15) is 17.6 Å². The normalized spacial score (nSPS) is 15.4. The second kappa shape index (κ2) is 9.36. The smallest absolute Gasteiger partial charge is 0.243 e. The molecule has 0 aromatic heterocycles. The molecule has 0 bridgehead atoms. The molecule has 3 rings (SSSR count). The van der Waals surface area contributed by atoms with Gasteiger partial charge in [-0.3, -0.25) is 4.79 Å². The predicted molar refractivity (Wildman–Crippen MR) is 119 cm³/mol. The Labute approximate surface area is 181 Å². The number of nitrogens with zero attached hydrogens (tertiary/aromatic N) is 2. The summed E-state index contributed by atoms with van der Waals surface area (Å²) >= 11 is 1.44. The number of hydrogen-bond acceptors (Lipinski definition) is 5. The van der Waals surface area contributed by atoms with Gasteiger partial charge in [0, 0.05) is 37.0 Å². The Balaban J connectivity index is 1.79. The molecule has 1 heterocycles. The Bertz CT molecular complexity index is 1020. The summed E-state index contributed by atoms with van der Waals surface area (Å²) in [7, 11) is -3.73. The van der Waals surface area contributed by atoms with Crippen molar-refractivity contribution in [2.45, 2.75) is 23.6 Å². The second-order valence-electron chi connectivity index (χ2n) is 7.35. The summed E-state index contributed by atoms with van der Waals surface area (Å²) < 4.78 is 41.8. The molecular weight excluding hydrogens is 425 g/mol. The van der Waals surface area contributed by atoms with Crippen LogP contribution in [0.15, 0.2) is 52.3 Å². The molecule has 6 nitrogen and oxygen atoms in total. The van der Waals surface area contributed by atoms with Crippen LogP contribution < -0.4 is 10.2 Å². The Morgan fingerprint density at radius 1 is 1.10 bits per heavy atom. The van der Waals surface area contributed by atoms with Crippen LogP contribution in [0.1, 0.15) is 13.8 Å². The minimum atomic E-state index is -3.73. The molecule has 1 aliphatic rings. The molecule has 2 aromatic rings. The molecule has 162 valence electrons. The molecule has 0 saturated carbocycles. The fourth-order valence-electron chi connectivity index (χ4n) is 3.25. The summed E-state index contributed by atoms with van der Waals surface area (Å²) in [5.41, 5.74) is 0.977. The first-order valence-electron chi connectivity index (χ1n) is 9.72. The fourth-order valence-corrected chi connectivity index (χ4v) is 5.23. The first-order valence-corrected chi connectivity index (χ1v) is 12.4. The number of sulfonamides is 1. The number of thioether (sulfide) groups is 1. The first-order chi connectivity index (χ1) is 14.2. The van der Waals surface area contributed by atoms with E-state index in [0.717, 1.165) is 4.90 Å². The molecule has 0 unspecified atom stereocenters. The maximum absolute atomic E-state index is 14.0. The standard InChI is InChI=1S/C21H26FN3O3S2/c1-15(2)21(26)23-18-14-16(8-9-20(18)29-3)30(27,28)25-12-10-24(11-13-25)19-7-5-4-6-17(19)22/h4-9,14-15H,10-13H2,1-3H3,(H,23,26). The number of nitrogens with one attached hydrogen (secondary N) is 1. The van der Waals surface area contributed by atoms with Crippen LogP contribution in [0.5, 0.6) is 0 Å². The highest BCUT2D eigenvalue weighted by Gasteiger charge is 2.30. The van der Waals surface area contributed by atoms with E-state index in [0.29, 0.717) is 24.5 Å². The van der Waals surface area contributed by atoms with Gasteiger partial charge in [0.05, 0.1) is 16.3 Å². The van der Waals surface area contributed by atoms with Crippen molar-refractivity contribution in [2.24, 2.45) is 5.92 Å². The van der Waals surface area contributed by atoms with Crippen molar-refractivity contribution in [3.63, 3.8) is 0 Å². The number of amides is 1. The zero-order valence-corrected chi connectivity index (χ0v) is 18.9. The van der Waals surface area contributed by atoms with Gasteiger partial charge in [0.25, 0.3) is 0 Å². The molecule has 2 aromatic carbocycles. The Morgan fingerprint density at radius 2 is 1.77 bits per heavy atom. The Kier molecular flexibility index (Phi) is 7.05. The molecule has 0 atom stereocenters. The molecule has 30 heavy (non-hydrogen) atoms. The van der Waals surface area contributed by atoms with Gasteiger partial charge in [0.2, 0.25) is 15.9 Å². The Morgan fingerprint density at radius 3 is 2.37 bits per heavy atom. The lowest BCUT2D eigenvalue weighted by molar-refractivity contribution is -0.118. The quantitative estimate of drug-likeness (QED) is 0.679. The van der Waals surface area contributed by atoms with Crippen molar-refractivity contribution in [3.8, 4) is 0 Å². The van der Waals surface area contributed by atoms with E-state index in [4.69, 9.17) is 0 Å². The lowest BCUT2D eigenvalue weighted by Gasteiger charge is -2.35. The van der Waals surface area contributed by atoms with Crippen molar-refractivity contribution in [3.05, 3.63) is 48.3 Å². The first kappa shape index (κ1) is 22.6. The summed E-state index contributed by atoms with van der Waals surface area (Å²) in [5, 5.41) is 2.82. The van der Waals surface area contributed by atoms with Crippen LogP contribution in [0.3, 0.4) is 0 Å². The number of piperazine rings is 1. The van der Waals surface area contributed by atoms with Gasteiger partial charge < -0.3 is 10.2 Å². The van der Waals surface area contributed by atoms with Gasteiger partial charge >= 0.3 is 0 Å². The van der Waals surface area contributed by atoms with Crippen LogP contribution >= 0.6 is 11.8 Å². The minimum absolute atomic E-state index is 0.138. The van der Waals surface area contributed by atoms with Crippen LogP contribution in [0, 0.1) is 11.7 Å². The van der Waals surface area contributed by atoms with Crippen molar-refractivity contribution in [2.75, 3.05) is 42.7 Å². The third-order valence-electron chi connectivity index (χ3n) is 5.02. The van der Waals surface area contributed by atoms with Crippen molar-refractivity contribution >= 4 is 39.1 Å². The summed E-state index contributed by atoms with van der Waals surface area (Å²) in [4.78, 5) is 14.9. The molecule has 9 heteroatoms. The number of carbonyl (C=O) groups is 1. The highest BCUT2D eigenvalue weighted by molar-refractivity contribution is 7.98. The van der Waals surface area contributed by atoms with E-state index in [1.165, 1.54) is 28.2 Å². The van der Waals surface area contributed by atoms with E-state index >= 15 is 0 Å². The van der Waals surface area contributed by atoms with Gasteiger partial charge in [-0.2, -0.15) is 4.31 Å². The Hall–Kier alpha value is -2.10. The van der Waals surface area contributed by atoms with E-state index < -0.39 is 10.0 Å². The lowest BCUT2D eigenvalue weighted by atomic mass is 10.2. The molecule has 1 aliphatic heterocycles. The summed E-state index contributed by atoms with van der Waals surface area (Å²) in [5.74, 6) is -0.697. The van der Waals surface area contributed by atoms with Crippen molar-refractivity contribution in [1.82, 2.24) is 4.31 Å². The highest BCUT2D eigenvalue weighted by atomic mass is 32.2. The van der Waals surface area contributed by atoms with Crippen molar-refractivity contribution < 1.29 is 17.6 Å². The van der Waals surface area contributed by atoms with Crippen LogP contribution in [-0.2, 0) is 14.8 Å². The van der Waals surface area contributed by atoms with E-state index in [2.05, 4.69) is 5.32 Å². The van der Waals surface area contributed by atoms with Gasteiger partial charge in [0.15, 0.2) is 0 Å². The predicted octanol–water partition coefficient (Wildman–Crippen LogP) is 3.65. The number of carbonyl (C=O) groups excluding carboxylic acids is 1. The maximum atomic E-state index is 14.0. The van der Waals surface area contributed by atoms with Crippen molar-refractivity contribution in [1.29, 1.82) is 0 Å². The topological polar surface area (TPSA) is 69.7 Å². The van der Waals surface area contributed by atoms with Crippen LogP contribution in [0.25, 0.3) is 0 Å². The van der Waals surface area contributed by atoms with E-state index in [1.54, 1.807) is 44.2 Å². The minimum Gasteiger partial charge on any atom is -0.367 e. The summed E-state index contributed by atoms with van der Waals surface area (Å²) in [6.07, 6.45) is 1.87. The van der Waals surface area contributed by atoms with Gasteiger partial charge in [-0.1, -0.05) is 26.0 Å². The number of hydrogen-bond donors (Lipinski definition) is 1. The number of anilines is 2. The number of para-hydroxylation sites is 1. The molecule has 0 aliphatic carbocycles. The van der Waals surface area contributed by atoms with Gasteiger partial charge in [-0.15, -0.1) is 11.8 Å². The maximum Gasteiger partial charge on any atom is 0.243 e. The number of benzene rings is 2. The van der Waals surface area contributed by atoms with Gasteiger partial charge in [-0.25, -0.2) is 12.8 Å². The van der Waals surface area contributed by atoms with Crippen LogP contribution in [-0.4, -0.2) is 51.1 Å². The summed E-state index contributed by atoms with van der Waals surface area (Å²) in [6.45, 7) is 4.89. The second-order valence-corrected chi connectivity index (χ2v) is 10.1. The largest absolute Gasteiger partial charge is 0.367 e. The fraction of sp³-hybridized carbons (Fsp3) is 0.381. The molecule has 0 radical (unpaired) electrons. The average molecular weight is 452 g/mol. The molecule has 1 amide bonds. The molecule has 0 spiro atoms. The third-order valence-corrected chi connectivity index (χ3v) is 7.71. The average Bonchev–Trinajstić information content (AvgIpc) is 2.74. The number of rotatable bonds is 6. The van der Waals surface area contributed by atoms with Gasteiger partial charge in [-0.05, 0) is 36.6 Å². The van der Waals surface area contributed by atoms with Crippen LogP contribution in [0.2, 0.25) is 0 Å². The lowest BCUT2D eigenvalue weighted by Crippen LogP contribution is -2.48. The highest BCUT2D eigenvalue weighted by Crippen LogP contribution is 2.30. The van der Waals surface area contributed by atoms with E-state index in [-0.39, 0.29) is 35.6 Å². The molecule has 1 N–H and O–H groups in total. The third kappa shape index (κ3) is 4.79. The number of halogens is 1. The molecular formula is C21H26FN3O3S2. The monoisotopic (exact) mass is 451 g/mol. The van der Waals surface area contributed by atoms with Crippen LogP contribution in [0.4, 0.5) is 15.8 Å². The molecule has 1 fully saturated rings.